The predicted octanol–water partition coefficient (Wildman–Crippen LogP) is 3.33. The SMILES string of the molecule is O=CNc1ccc2c(c1)N(CCN1CCN(c3ccccc3)CC1)C(c1ccccc1)NC2=O. The first-order chi connectivity index (χ1) is 16.7. The molecule has 0 aliphatic carbocycles. The number of piperazine rings is 1. The van der Waals surface area contributed by atoms with Crippen molar-refractivity contribution in [2.45, 2.75) is 6.17 Å². The third kappa shape index (κ3) is 4.61. The lowest BCUT2D eigenvalue weighted by Gasteiger charge is -2.42. The van der Waals surface area contributed by atoms with Gasteiger partial charge in [0.1, 0.15) is 6.17 Å². The van der Waals surface area contributed by atoms with Crippen LogP contribution >= 0.6 is 0 Å². The molecule has 34 heavy (non-hydrogen) atoms. The summed E-state index contributed by atoms with van der Waals surface area (Å²) in [5.41, 5.74) is 4.44. The van der Waals surface area contributed by atoms with Crippen molar-refractivity contribution in [3.05, 3.63) is 90.0 Å². The summed E-state index contributed by atoms with van der Waals surface area (Å²) in [6.45, 7) is 5.60. The maximum atomic E-state index is 12.9. The Balaban J connectivity index is 1.34. The molecule has 2 aliphatic heterocycles. The molecule has 3 aromatic carbocycles. The van der Waals surface area contributed by atoms with Crippen LogP contribution in [-0.2, 0) is 4.79 Å². The number of carbonyl (C=O) groups is 2. The zero-order valence-corrected chi connectivity index (χ0v) is 19.1. The summed E-state index contributed by atoms with van der Waals surface area (Å²) in [5, 5.41) is 5.90. The van der Waals surface area contributed by atoms with E-state index in [9.17, 15) is 9.59 Å². The molecule has 7 nitrogen and oxygen atoms in total. The van der Waals surface area contributed by atoms with Crippen LogP contribution in [0.1, 0.15) is 22.1 Å². The van der Waals surface area contributed by atoms with Gasteiger partial charge in [-0.15, -0.1) is 0 Å². The van der Waals surface area contributed by atoms with E-state index in [2.05, 4.69) is 49.6 Å². The van der Waals surface area contributed by atoms with Crippen molar-refractivity contribution in [2.75, 3.05) is 54.4 Å². The molecular weight excluding hydrogens is 426 g/mol. The molecule has 2 N–H and O–H groups in total. The molecule has 0 saturated carbocycles. The number of hydrogen-bond acceptors (Lipinski definition) is 5. The third-order valence-corrected chi connectivity index (χ3v) is 6.62. The molecule has 0 bridgehead atoms. The summed E-state index contributed by atoms with van der Waals surface area (Å²) in [6, 6.07) is 26.0. The van der Waals surface area contributed by atoms with Gasteiger partial charge in [0, 0.05) is 50.6 Å². The van der Waals surface area contributed by atoms with Crippen molar-refractivity contribution in [1.29, 1.82) is 0 Å². The predicted molar refractivity (Wildman–Crippen MR) is 135 cm³/mol. The maximum absolute atomic E-state index is 12.9. The maximum Gasteiger partial charge on any atom is 0.255 e. The van der Waals surface area contributed by atoms with Crippen LogP contribution in [0.2, 0.25) is 0 Å². The second kappa shape index (κ2) is 9.97. The van der Waals surface area contributed by atoms with Gasteiger partial charge in [0.15, 0.2) is 0 Å². The molecule has 1 atom stereocenters. The highest BCUT2D eigenvalue weighted by molar-refractivity contribution is 6.03. The number of anilines is 3. The molecule has 0 spiro atoms. The van der Waals surface area contributed by atoms with Crippen molar-refractivity contribution in [1.82, 2.24) is 10.2 Å². The average Bonchev–Trinajstić information content (AvgIpc) is 2.89. The average molecular weight is 456 g/mol. The van der Waals surface area contributed by atoms with E-state index < -0.39 is 0 Å². The normalized spacial score (nSPS) is 18.2. The molecule has 5 rings (SSSR count). The largest absolute Gasteiger partial charge is 0.369 e. The van der Waals surface area contributed by atoms with E-state index >= 15 is 0 Å². The molecule has 3 aromatic rings. The molecule has 0 aromatic heterocycles. The van der Waals surface area contributed by atoms with Gasteiger partial charge < -0.3 is 20.4 Å². The van der Waals surface area contributed by atoms with Crippen molar-refractivity contribution < 1.29 is 9.59 Å². The molecule has 174 valence electrons. The minimum absolute atomic E-state index is 0.103. The van der Waals surface area contributed by atoms with Gasteiger partial charge in [-0.3, -0.25) is 14.5 Å². The molecule has 2 heterocycles. The summed E-state index contributed by atoms with van der Waals surface area (Å²) >= 11 is 0. The molecule has 2 amide bonds. The van der Waals surface area contributed by atoms with Gasteiger partial charge in [0.2, 0.25) is 6.41 Å². The summed E-state index contributed by atoms with van der Waals surface area (Å²) in [7, 11) is 0. The van der Waals surface area contributed by atoms with Gasteiger partial charge in [0.05, 0.1) is 11.3 Å². The fourth-order valence-electron chi connectivity index (χ4n) is 4.80. The number of nitrogens with one attached hydrogen (secondary N) is 2. The number of rotatable bonds is 7. The fraction of sp³-hybridized carbons (Fsp3) is 0.259. The highest BCUT2D eigenvalue weighted by Crippen LogP contribution is 2.35. The second-order valence-corrected chi connectivity index (χ2v) is 8.64. The van der Waals surface area contributed by atoms with Crippen LogP contribution in [0.15, 0.2) is 78.9 Å². The zero-order chi connectivity index (χ0) is 23.3. The Kier molecular flexibility index (Phi) is 6.44. The Morgan fingerprint density at radius 3 is 2.29 bits per heavy atom. The van der Waals surface area contributed by atoms with Crippen molar-refractivity contribution in [3.63, 3.8) is 0 Å². The second-order valence-electron chi connectivity index (χ2n) is 8.64. The number of benzene rings is 3. The number of amides is 2. The van der Waals surface area contributed by atoms with E-state index in [4.69, 9.17) is 0 Å². The van der Waals surface area contributed by atoms with Gasteiger partial charge in [-0.25, -0.2) is 0 Å². The first-order valence-corrected chi connectivity index (χ1v) is 11.7. The Morgan fingerprint density at radius 2 is 1.59 bits per heavy atom. The van der Waals surface area contributed by atoms with Crippen LogP contribution in [0.3, 0.4) is 0 Å². The van der Waals surface area contributed by atoms with Crippen molar-refractivity contribution >= 4 is 29.4 Å². The number of carbonyl (C=O) groups excluding carboxylic acids is 2. The fourth-order valence-corrected chi connectivity index (χ4v) is 4.80. The third-order valence-electron chi connectivity index (χ3n) is 6.62. The van der Waals surface area contributed by atoms with Crippen LogP contribution in [0.5, 0.6) is 0 Å². The number of nitrogens with zero attached hydrogens (tertiary/aromatic N) is 3. The minimum atomic E-state index is -0.265. The van der Waals surface area contributed by atoms with E-state index in [1.807, 2.05) is 42.5 Å². The number of fused-ring (bicyclic) bond motifs is 1. The molecule has 1 saturated heterocycles. The van der Waals surface area contributed by atoms with Gasteiger partial charge in [-0.2, -0.15) is 0 Å². The van der Waals surface area contributed by atoms with Gasteiger partial charge in [-0.1, -0.05) is 48.5 Å². The van der Waals surface area contributed by atoms with Gasteiger partial charge >= 0.3 is 0 Å². The van der Waals surface area contributed by atoms with Crippen molar-refractivity contribution in [2.24, 2.45) is 0 Å². The van der Waals surface area contributed by atoms with E-state index in [1.54, 1.807) is 12.1 Å². The first kappa shape index (κ1) is 22.0. The molecule has 2 aliphatic rings. The van der Waals surface area contributed by atoms with Crippen LogP contribution in [0.4, 0.5) is 17.1 Å². The zero-order valence-electron chi connectivity index (χ0n) is 19.1. The Labute approximate surface area is 200 Å². The lowest BCUT2D eigenvalue weighted by molar-refractivity contribution is -0.105. The first-order valence-electron chi connectivity index (χ1n) is 11.7. The molecule has 1 fully saturated rings. The van der Waals surface area contributed by atoms with Crippen LogP contribution in [-0.4, -0.2) is 56.5 Å². The quantitative estimate of drug-likeness (QED) is 0.535. The Bertz CT molecular complexity index is 1130. The molecular formula is C27H29N5O2. The number of para-hydroxylation sites is 1. The van der Waals surface area contributed by atoms with E-state index in [1.165, 1.54) is 5.69 Å². The Hall–Kier alpha value is -3.84. The summed E-state index contributed by atoms with van der Waals surface area (Å²) < 4.78 is 0. The summed E-state index contributed by atoms with van der Waals surface area (Å²) in [4.78, 5) is 31.1. The monoisotopic (exact) mass is 455 g/mol. The molecule has 1 unspecified atom stereocenters. The topological polar surface area (TPSA) is 67.9 Å². The number of hydrogen-bond donors (Lipinski definition) is 2. The van der Waals surface area contributed by atoms with Crippen molar-refractivity contribution in [3.8, 4) is 0 Å². The summed E-state index contributed by atoms with van der Waals surface area (Å²) in [5.74, 6) is -0.103. The smallest absolute Gasteiger partial charge is 0.255 e. The van der Waals surface area contributed by atoms with Crippen LogP contribution in [0.25, 0.3) is 0 Å². The van der Waals surface area contributed by atoms with Crippen LogP contribution in [0, 0.1) is 0 Å². The standard InChI is InChI=1S/C27H29N5O2/c33-20-28-22-11-12-24-25(19-22)32(26(29-27(24)34)21-7-3-1-4-8-21)18-15-30-13-16-31(17-14-30)23-9-5-2-6-10-23/h1-12,19-20,26H,13-18H2,(H,28,33)(H,29,34). The lowest BCUT2D eigenvalue weighted by atomic mass is 10.0. The van der Waals surface area contributed by atoms with Gasteiger partial charge in [0.25, 0.3) is 5.91 Å². The highest BCUT2D eigenvalue weighted by Gasteiger charge is 2.32. The Morgan fingerprint density at radius 1 is 0.882 bits per heavy atom. The van der Waals surface area contributed by atoms with E-state index in [-0.39, 0.29) is 12.1 Å². The van der Waals surface area contributed by atoms with E-state index in [0.29, 0.717) is 17.7 Å². The molecule has 7 heteroatoms. The van der Waals surface area contributed by atoms with Gasteiger partial charge in [-0.05, 0) is 35.9 Å². The van der Waals surface area contributed by atoms with Crippen LogP contribution < -0.4 is 20.4 Å². The summed E-state index contributed by atoms with van der Waals surface area (Å²) in [6.07, 6.45) is 0.397. The van der Waals surface area contributed by atoms with E-state index in [0.717, 1.165) is 50.5 Å². The molecule has 0 radical (unpaired) electrons. The highest BCUT2D eigenvalue weighted by atomic mass is 16.2. The lowest BCUT2D eigenvalue weighted by Crippen LogP contribution is -2.52. The minimum Gasteiger partial charge on any atom is -0.369 e.